The Morgan fingerprint density at radius 1 is 1.23 bits per heavy atom. The molecule has 1 aliphatic rings. The summed E-state index contributed by atoms with van der Waals surface area (Å²) < 4.78 is 7.59. The van der Waals surface area contributed by atoms with E-state index in [0.717, 1.165) is 12.8 Å². The third-order valence-electron chi connectivity index (χ3n) is 4.79. The first-order valence-electron chi connectivity index (χ1n) is 8.57. The lowest BCUT2D eigenvalue weighted by Gasteiger charge is -2.38. The van der Waals surface area contributed by atoms with Crippen molar-refractivity contribution in [1.82, 2.24) is 9.88 Å². The van der Waals surface area contributed by atoms with Gasteiger partial charge in [0.05, 0.1) is 22.5 Å². The van der Waals surface area contributed by atoms with Crippen molar-refractivity contribution in [3.05, 3.63) is 53.3 Å². The van der Waals surface area contributed by atoms with E-state index >= 15 is 0 Å². The van der Waals surface area contributed by atoms with Crippen LogP contribution < -0.4 is 10.6 Å². The number of amides is 2. The third-order valence-corrected chi connectivity index (χ3v) is 5.12. The molecule has 1 aliphatic heterocycles. The van der Waals surface area contributed by atoms with Gasteiger partial charge in [0.2, 0.25) is 5.91 Å². The largest absolute Gasteiger partial charge is 0.381 e. The molecule has 2 amide bonds. The number of carbonyl (C=O) groups excluding carboxylic acids is 2. The van der Waals surface area contributed by atoms with E-state index < -0.39 is 0 Å². The van der Waals surface area contributed by atoms with Crippen LogP contribution in [0.15, 0.2) is 42.7 Å². The summed E-state index contributed by atoms with van der Waals surface area (Å²) in [4.78, 5) is 24.6. The van der Waals surface area contributed by atoms with Crippen LogP contribution in [0.2, 0.25) is 5.02 Å². The van der Waals surface area contributed by atoms with Crippen LogP contribution in [0, 0.1) is 0 Å². The van der Waals surface area contributed by atoms with E-state index in [0.29, 0.717) is 35.9 Å². The highest BCUT2D eigenvalue weighted by molar-refractivity contribution is 6.34. The van der Waals surface area contributed by atoms with Gasteiger partial charge in [0.15, 0.2) is 0 Å². The quantitative estimate of drug-likeness (QED) is 0.843. The van der Waals surface area contributed by atoms with Crippen molar-refractivity contribution >= 4 is 29.1 Å². The average molecular weight is 376 g/mol. The Bertz CT molecular complexity index is 783. The number of halogens is 1. The topological polar surface area (TPSA) is 72.4 Å². The zero-order valence-corrected chi connectivity index (χ0v) is 15.4. The summed E-state index contributed by atoms with van der Waals surface area (Å²) in [6, 6.07) is 8.82. The van der Waals surface area contributed by atoms with Crippen molar-refractivity contribution in [2.24, 2.45) is 0 Å². The molecular weight excluding hydrogens is 354 g/mol. The molecule has 0 radical (unpaired) electrons. The third kappa shape index (κ3) is 3.92. The van der Waals surface area contributed by atoms with Crippen LogP contribution in [-0.2, 0) is 15.1 Å². The fraction of sp³-hybridized carbons (Fsp3) is 0.368. The molecule has 0 saturated carbocycles. The maximum atomic E-state index is 12.7. The number of rotatable bonds is 5. The van der Waals surface area contributed by atoms with Crippen LogP contribution in [-0.4, -0.2) is 36.6 Å². The predicted octanol–water partition coefficient (Wildman–Crippen LogP) is 3.04. The van der Waals surface area contributed by atoms with Crippen LogP contribution in [0.3, 0.4) is 0 Å². The van der Waals surface area contributed by atoms with Gasteiger partial charge in [0.1, 0.15) is 0 Å². The fourth-order valence-electron chi connectivity index (χ4n) is 3.34. The van der Waals surface area contributed by atoms with E-state index in [1.54, 1.807) is 18.2 Å². The van der Waals surface area contributed by atoms with Crippen molar-refractivity contribution < 1.29 is 14.3 Å². The van der Waals surface area contributed by atoms with Crippen LogP contribution in [0.4, 0.5) is 5.69 Å². The highest BCUT2D eigenvalue weighted by atomic mass is 35.5. The van der Waals surface area contributed by atoms with Crippen molar-refractivity contribution in [3.8, 4) is 0 Å². The SMILES string of the molecule is CNC(=O)c1cc(NC(=O)CC2(n3cccc3)CCOCC2)ccc1Cl. The Labute approximate surface area is 157 Å². The van der Waals surface area contributed by atoms with Crippen molar-refractivity contribution in [2.75, 3.05) is 25.6 Å². The van der Waals surface area contributed by atoms with E-state index in [-0.39, 0.29) is 17.4 Å². The summed E-state index contributed by atoms with van der Waals surface area (Å²) in [5.74, 6) is -0.398. The molecule has 1 aromatic heterocycles. The zero-order valence-electron chi connectivity index (χ0n) is 14.6. The Morgan fingerprint density at radius 2 is 1.92 bits per heavy atom. The first-order chi connectivity index (χ1) is 12.5. The van der Waals surface area contributed by atoms with Crippen molar-refractivity contribution in [3.63, 3.8) is 0 Å². The number of benzene rings is 1. The molecule has 6 nitrogen and oxygen atoms in total. The molecule has 7 heteroatoms. The lowest BCUT2D eigenvalue weighted by Crippen LogP contribution is -2.42. The number of nitrogens with zero attached hydrogens (tertiary/aromatic N) is 1. The summed E-state index contributed by atoms with van der Waals surface area (Å²) in [7, 11) is 1.54. The van der Waals surface area contributed by atoms with Crippen LogP contribution in [0.5, 0.6) is 0 Å². The van der Waals surface area contributed by atoms with E-state index in [9.17, 15) is 9.59 Å². The van der Waals surface area contributed by atoms with E-state index in [1.807, 2.05) is 24.5 Å². The fourth-order valence-corrected chi connectivity index (χ4v) is 3.55. The lowest BCUT2D eigenvalue weighted by atomic mass is 9.86. The maximum absolute atomic E-state index is 12.7. The van der Waals surface area contributed by atoms with E-state index in [1.165, 1.54) is 7.05 Å². The summed E-state index contributed by atoms with van der Waals surface area (Å²) in [5.41, 5.74) is 0.591. The molecule has 0 atom stereocenters. The molecule has 1 aromatic carbocycles. The number of carbonyl (C=O) groups is 2. The molecule has 2 heterocycles. The van der Waals surface area contributed by atoms with Gasteiger partial charge in [-0.15, -0.1) is 0 Å². The second-order valence-electron chi connectivity index (χ2n) is 6.43. The van der Waals surface area contributed by atoms with Gasteiger partial charge < -0.3 is 19.9 Å². The molecule has 1 fully saturated rings. The standard InChI is InChI=1S/C19H22ClN3O3/c1-21-18(25)15-12-14(4-5-16(15)20)22-17(24)13-19(6-10-26-11-7-19)23-8-2-3-9-23/h2-5,8-9,12H,6-7,10-11,13H2,1H3,(H,21,25)(H,22,24). The Hall–Kier alpha value is -2.31. The molecule has 0 spiro atoms. The number of hydrogen-bond donors (Lipinski definition) is 2. The van der Waals surface area contributed by atoms with Gasteiger partial charge in [-0.2, -0.15) is 0 Å². The highest BCUT2D eigenvalue weighted by Gasteiger charge is 2.36. The van der Waals surface area contributed by atoms with Gasteiger partial charge in [-0.1, -0.05) is 11.6 Å². The van der Waals surface area contributed by atoms with Gasteiger partial charge in [-0.3, -0.25) is 9.59 Å². The monoisotopic (exact) mass is 375 g/mol. The number of nitrogens with one attached hydrogen (secondary N) is 2. The van der Waals surface area contributed by atoms with E-state index in [2.05, 4.69) is 15.2 Å². The second kappa shape index (κ2) is 7.93. The average Bonchev–Trinajstić information content (AvgIpc) is 3.19. The summed E-state index contributed by atoms with van der Waals surface area (Å²) in [5, 5.41) is 5.77. The van der Waals surface area contributed by atoms with Crippen LogP contribution in [0.25, 0.3) is 0 Å². The molecular formula is C19H22ClN3O3. The van der Waals surface area contributed by atoms with Gasteiger partial charge in [-0.05, 0) is 43.2 Å². The minimum atomic E-state index is -0.292. The number of aromatic nitrogens is 1. The number of anilines is 1. The Kier molecular flexibility index (Phi) is 5.64. The molecule has 0 unspecified atom stereocenters. The lowest BCUT2D eigenvalue weighted by molar-refractivity contribution is -0.119. The number of ether oxygens (including phenoxy) is 1. The molecule has 26 heavy (non-hydrogen) atoms. The molecule has 0 aliphatic carbocycles. The molecule has 2 aromatic rings. The van der Waals surface area contributed by atoms with Crippen LogP contribution in [0.1, 0.15) is 29.6 Å². The van der Waals surface area contributed by atoms with Gasteiger partial charge >= 0.3 is 0 Å². The first kappa shape index (κ1) is 18.5. The maximum Gasteiger partial charge on any atom is 0.252 e. The Balaban J connectivity index is 1.76. The minimum Gasteiger partial charge on any atom is -0.381 e. The minimum absolute atomic E-state index is 0.106. The summed E-state index contributed by atoms with van der Waals surface area (Å²) >= 11 is 6.06. The molecule has 3 rings (SSSR count). The second-order valence-corrected chi connectivity index (χ2v) is 6.83. The highest BCUT2D eigenvalue weighted by Crippen LogP contribution is 2.33. The molecule has 0 bridgehead atoms. The van der Waals surface area contributed by atoms with E-state index in [4.69, 9.17) is 16.3 Å². The first-order valence-corrected chi connectivity index (χ1v) is 8.94. The molecule has 1 saturated heterocycles. The van der Waals surface area contributed by atoms with Gasteiger partial charge in [0.25, 0.3) is 5.91 Å². The molecule has 138 valence electrons. The number of hydrogen-bond acceptors (Lipinski definition) is 3. The van der Waals surface area contributed by atoms with Crippen molar-refractivity contribution in [1.29, 1.82) is 0 Å². The van der Waals surface area contributed by atoms with Crippen LogP contribution >= 0.6 is 11.6 Å². The van der Waals surface area contributed by atoms with Gasteiger partial charge in [-0.25, -0.2) is 0 Å². The van der Waals surface area contributed by atoms with Crippen molar-refractivity contribution in [2.45, 2.75) is 24.8 Å². The zero-order chi connectivity index (χ0) is 18.6. The summed E-state index contributed by atoms with van der Waals surface area (Å²) in [6.45, 7) is 1.26. The molecule has 2 N–H and O–H groups in total. The van der Waals surface area contributed by atoms with Gasteiger partial charge in [0, 0.05) is 38.3 Å². The smallest absolute Gasteiger partial charge is 0.252 e. The summed E-state index contributed by atoms with van der Waals surface area (Å²) in [6.07, 6.45) is 5.87. The normalized spacial score (nSPS) is 16.1. The Morgan fingerprint density at radius 3 is 2.58 bits per heavy atom. The predicted molar refractivity (Wildman–Crippen MR) is 101 cm³/mol.